The SMILES string of the molecule is CC(C(=O)Cc1cccc(C(F)(F)F)c1)c1ccccc1. The van der Waals surface area contributed by atoms with Crippen LogP contribution in [0.1, 0.15) is 29.5 Å². The summed E-state index contributed by atoms with van der Waals surface area (Å²) in [5.41, 5.74) is 0.534. The fraction of sp³-hybridized carbons (Fsp3) is 0.235. The summed E-state index contributed by atoms with van der Waals surface area (Å²) in [4.78, 5) is 12.2. The zero-order chi connectivity index (χ0) is 15.5. The Balaban J connectivity index is 2.13. The van der Waals surface area contributed by atoms with Crippen LogP contribution in [0.3, 0.4) is 0 Å². The molecule has 0 radical (unpaired) electrons. The van der Waals surface area contributed by atoms with Gasteiger partial charge in [-0.1, -0.05) is 55.5 Å². The third-order valence-corrected chi connectivity index (χ3v) is 3.42. The molecule has 1 nitrogen and oxygen atoms in total. The molecule has 0 amide bonds. The number of ketones is 1. The Labute approximate surface area is 121 Å². The van der Waals surface area contributed by atoms with Crippen molar-refractivity contribution < 1.29 is 18.0 Å². The number of hydrogen-bond donors (Lipinski definition) is 0. The van der Waals surface area contributed by atoms with Gasteiger partial charge in [0.15, 0.2) is 0 Å². The highest BCUT2D eigenvalue weighted by Crippen LogP contribution is 2.30. The lowest BCUT2D eigenvalue weighted by molar-refractivity contribution is -0.137. The lowest BCUT2D eigenvalue weighted by atomic mass is 9.92. The molecule has 0 aliphatic rings. The first-order chi connectivity index (χ1) is 9.88. The van der Waals surface area contributed by atoms with Gasteiger partial charge in [-0.2, -0.15) is 13.2 Å². The van der Waals surface area contributed by atoms with Gasteiger partial charge in [0.25, 0.3) is 0 Å². The van der Waals surface area contributed by atoms with Crippen LogP contribution in [-0.2, 0) is 17.4 Å². The van der Waals surface area contributed by atoms with E-state index in [0.717, 1.165) is 17.7 Å². The first-order valence-electron chi connectivity index (χ1n) is 6.61. The van der Waals surface area contributed by atoms with Crippen molar-refractivity contribution in [2.24, 2.45) is 0 Å². The van der Waals surface area contributed by atoms with E-state index in [0.29, 0.717) is 5.56 Å². The van der Waals surface area contributed by atoms with Gasteiger partial charge in [0.1, 0.15) is 5.78 Å². The van der Waals surface area contributed by atoms with Crippen molar-refractivity contribution in [3.63, 3.8) is 0 Å². The molecule has 2 rings (SSSR count). The molecule has 21 heavy (non-hydrogen) atoms. The molecule has 0 spiro atoms. The molecule has 0 N–H and O–H groups in total. The summed E-state index contributed by atoms with van der Waals surface area (Å²) in [6.45, 7) is 1.77. The van der Waals surface area contributed by atoms with E-state index in [9.17, 15) is 18.0 Å². The topological polar surface area (TPSA) is 17.1 Å². The number of hydrogen-bond acceptors (Lipinski definition) is 1. The van der Waals surface area contributed by atoms with E-state index in [2.05, 4.69) is 0 Å². The van der Waals surface area contributed by atoms with E-state index in [1.807, 2.05) is 30.3 Å². The second-order valence-electron chi connectivity index (χ2n) is 4.97. The predicted molar refractivity (Wildman–Crippen MR) is 75.0 cm³/mol. The van der Waals surface area contributed by atoms with Crippen molar-refractivity contribution in [3.05, 3.63) is 71.3 Å². The van der Waals surface area contributed by atoms with E-state index in [1.54, 1.807) is 13.0 Å². The molecule has 0 aliphatic heterocycles. The van der Waals surface area contributed by atoms with Gasteiger partial charge < -0.3 is 0 Å². The van der Waals surface area contributed by atoms with Crippen LogP contribution in [0, 0.1) is 0 Å². The standard InChI is InChI=1S/C17H15F3O/c1-12(14-7-3-2-4-8-14)16(21)11-13-6-5-9-15(10-13)17(18,19)20/h2-10,12H,11H2,1H3. The van der Waals surface area contributed by atoms with Gasteiger partial charge in [-0.05, 0) is 17.2 Å². The van der Waals surface area contributed by atoms with Crippen molar-refractivity contribution in [2.75, 3.05) is 0 Å². The molecule has 4 heteroatoms. The van der Waals surface area contributed by atoms with Crippen molar-refractivity contribution in [3.8, 4) is 0 Å². The quantitative estimate of drug-likeness (QED) is 0.803. The molecule has 1 atom stereocenters. The van der Waals surface area contributed by atoms with Crippen LogP contribution in [0.25, 0.3) is 0 Å². The van der Waals surface area contributed by atoms with Crippen LogP contribution >= 0.6 is 0 Å². The van der Waals surface area contributed by atoms with Crippen molar-refractivity contribution in [1.82, 2.24) is 0 Å². The molecular formula is C17H15F3O. The predicted octanol–water partition coefficient (Wildman–Crippen LogP) is 4.62. The molecule has 2 aromatic carbocycles. The summed E-state index contributed by atoms with van der Waals surface area (Å²) in [6.07, 6.45) is -4.38. The fourth-order valence-corrected chi connectivity index (χ4v) is 2.14. The lowest BCUT2D eigenvalue weighted by Crippen LogP contribution is -2.13. The Morgan fingerprint density at radius 3 is 2.33 bits per heavy atom. The highest BCUT2D eigenvalue weighted by molar-refractivity contribution is 5.87. The molecule has 0 bridgehead atoms. The summed E-state index contributed by atoms with van der Waals surface area (Å²) >= 11 is 0. The number of Topliss-reactive ketones (excluding diaryl/α,β-unsaturated/α-hetero) is 1. The van der Waals surface area contributed by atoms with Crippen LogP contribution in [-0.4, -0.2) is 5.78 Å². The number of rotatable bonds is 4. The smallest absolute Gasteiger partial charge is 0.299 e. The van der Waals surface area contributed by atoms with Crippen LogP contribution in [0.2, 0.25) is 0 Å². The zero-order valence-corrected chi connectivity index (χ0v) is 11.5. The maximum atomic E-state index is 12.6. The first kappa shape index (κ1) is 15.3. The maximum absolute atomic E-state index is 12.6. The molecule has 0 saturated heterocycles. The van der Waals surface area contributed by atoms with E-state index in [1.165, 1.54) is 6.07 Å². The van der Waals surface area contributed by atoms with Crippen LogP contribution in [0.15, 0.2) is 54.6 Å². The Hall–Kier alpha value is -2.10. The number of alkyl halides is 3. The summed E-state index contributed by atoms with van der Waals surface area (Å²) in [5, 5.41) is 0. The molecule has 2 aromatic rings. The molecule has 0 heterocycles. The Morgan fingerprint density at radius 2 is 1.71 bits per heavy atom. The van der Waals surface area contributed by atoms with E-state index < -0.39 is 11.7 Å². The van der Waals surface area contributed by atoms with Crippen molar-refractivity contribution >= 4 is 5.78 Å². The van der Waals surface area contributed by atoms with Crippen LogP contribution < -0.4 is 0 Å². The Morgan fingerprint density at radius 1 is 1.05 bits per heavy atom. The maximum Gasteiger partial charge on any atom is 0.416 e. The van der Waals surface area contributed by atoms with E-state index in [-0.39, 0.29) is 18.1 Å². The fourth-order valence-electron chi connectivity index (χ4n) is 2.14. The van der Waals surface area contributed by atoms with Crippen LogP contribution in [0.5, 0.6) is 0 Å². The van der Waals surface area contributed by atoms with Crippen molar-refractivity contribution in [2.45, 2.75) is 25.4 Å². The van der Waals surface area contributed by atoms with Gasteiger partial charge in [-0.25, -0.2) is 0 Å². The monoisotopic (exact) mass is 292 g/mol. The number of carbonyl (C=O) groups is 1. The minimum absolute atomic E-state index is 0.0000189. The lowest BCUT2D eigenvalue weighted by Gasteiger charge is -2.12. The number of halogens is 3. The number of benzene rings is 2. The summed E-state index contributed by atoms with van der Waals surface area (Å²) in [5.74, 6) is -0.429. The molecule has 0 aromatic heterocycles. The second-order valence-corrected chi connectivity index (χ2v) is 4.97. The largest absolute Gasteiger partial charge is 0.416 e. The van der Waals surface area contributed by atoms with Crippen LogP contribution in [0.4, 0.5) is 13.2 Å². The second kappa shape index (κ2) is 6.12. The third kappa shape index (κ3) is 3.94. The molecule has 1 unspecified atom stereocenters. The highest BCUT2D eigenvalue weighted by Gasteiger charge is 2.30. The minimum atomic E-state index is -4.38. The molecule has 0 saturated carbocycles. The van der Waals surface area contributed by atoms with Gasteiger partial charge in [0.2, 0.25) is 0 Å². The van der Waals surface area contributed by atoms with Gasteiger partial charge >= 0.3 is 6.18 Å². The van der Waals surface area contributed by atoms with Gasteiger partial charge in [-0.3, -0.25) is 4.79 Å². The molecule has 110 valence electrons. The number of carbonyl (C=O) groups excluding carboxylic acids is 1. The van der Waals surface area contributed by atoms with E-state index >= 15 is 0 Å². The third-order valence-electron chi connectivity index (χ3n) is 3.42. The molecular weight excluding hydrogens is 277 g/mol. The molecule has 0 aliphatic carbocycles. The normalized spacial score (nSPS) is 13.0. The Kier molecular flexibility index (Phi) is 4.46. The minimum Gasteiger partial charge on any atom is -0.299 e. The van der Waals surface area contributed by atoms with Crippen molar-refractivity contribution in [1.29, 1.82) is 0 Å². The zero-order valence-electron chi connectivity index (χ0n) is 11.5. The Bertz CT molecular complexity index is 617. The molecule has 0 fully saturated rings. The first-order valence-corrected chi connectivity index (χ1v) is 6.61. The average Bonchev–Trinajstić information content (AvgIpc) is 2.47. The van der Waals surface area contributed by atoms with Gasteiger partial charge in [0, 0.05) is 12.3 Å². The average molecular weight is 292 g/mol. The van der Waals surface area contributed by atoms with Gasteiger partial charge in [0.05, 0.1) is 5.56 Å². The summed E-state index contributed by atoms with van der Waals surface area (Å²) < 4.78 is 37.9. The highest BCUT2D eigenvalue weighted by atomic mass is 19.4. The van der Waals surface area contributed by atoms with E-state index in [4.69, 9.17) is 0 Å². The summed E-state index contributed by atoms with van der Waals surface area (Å²) in [7, 11) is 0. The van der Waals surface area contributed by atoms with Gasteiger partial charge in [-0.15, -0.1) is 0 Å². The summed E-state index contributed by atoms with van der Waals surface area (Å²) in [6, 6.07) is 14.1.